The predicted molar refractivity (Wildman–Crippen MR) is 77.8 cm³/mol. The summed E-state index contributed by atoms with van der Waals surface area (Å²) in [5.74, 6) is 0.792. The van der Waals surface area contributed by atoms with Crippen molar-refractivity contribution in [3.8, 4) is 5.75 Å². The van der Waals surface area contributed by atoms with Gasteiger partial charge in [-0.1, -0.05) is 32.0 Å². The summed E-state index contributed by atoms with van der Waals surface area (Å²) in [7, 11) is 1.53. The largest absolute Gasteiger partial charge is 0.487 e. The van der Waals surface area contributed by atoms with E-state index in [1.54, 1.807) is 0 Å². The Labute approximate surface area is 120 Å². The number of ether oxygens (including phenoxy) is 2. The van der Waals surface area contributed by atoms with Crippen LogP contribution in [0.3, 0.4) is 0 Å². The van der Waals surface area contributed by atoms with E-state index in [2.05, 4.69) is 19.2 Å². The molecule has 1 N–H and O–H groups in total. The first-order valence-corrected chi connectivity index (χ1v) is 7.20. The van der Waals surface area contributed by atoms with Gasteiger partial charge in [0.2, 0.25) is 5.91 Å². The van der Waals surface area contributed by atoms with Crippen LogP contribution >= 0.6 is 0 Å². The standard InChI is InChI=1S/C16H23NO3/c1-4-16(5-2)10-13(17-15(18)11-19-3)12-8-6-7-9-14(12)20-16/h6-9,13H,4-5,10-11H2,1-3H3,(H,17,18)/t13-/m1/s1. The van der Waals surface area contributed by atoms with Crippen LogP contribution in [0.15, 0.2) is 24.3 Å². The van der Waals surface area contributed by atoms with Crippen molar-refractivity contribution in [2.24, 2.45) is 0 Å². The van der Waals surface area contributed by atoms with Crippen molar-refractivity contribution in [2.75, 3.05) is 13.7 Å². The quantitative estimate of drug-likeness (QED) is 0.900. The molecule has 0 spiro atoms. The van der Waals surface area contributed by atoms with Crippen LogP contribution in [-0.2, 0) is 9.53 Å². The summed E-state index contributed by atoms with van der Waals surface area (Å²) in [5.41, 5.74) is 0.855. The maximum Gasteiger partial charge on any atom is 0.246 e. The van der Waals surface area contributed by atoms with Crippen molar-refractivity contribution in [1.82, 2.24) is 5.32 Å². The maximum atomic E-state index is 11.8. The highest BCUT2D eigenvalue weighted by molar-refractivity contribution is 5.77. The number of carbonyl (C=O) groups is 1. The summed E-state index contributed by atoms with van der Waals surface area (Å²) in [5, 5.41) is 3.06. The number of nitrogens with one attached hydrogen (secondary N) is 1. The minimum Gasteiger partial charge on any atom is -0.487 e. The fourth-order valence-electron chi connectivity index (χ4n) is 2.80. The molecule has 0 aromatic heterocycles. The van der Waals surface area contributed by atoms with Gasteiger partial charge in [-0.15, -0.1) is 0 Å². The maximum absolute atomic E-state index is 11.8. The summed E-state index contributed by atoms with van der Waals surface area (Å²) in [6.45, 7) is 4.35. The highest BCUT2D eigenvalue weighted by atomic mass is 16.5. The minimum atomic E-state index is -0.195. The van der Waals surface area contributed by atoms with Crippen molar-refractivity contribution >= 4 is 5.91 Å². The van der Waals surface area contributed by atoms with Gasteiger partial charge in [-0.25, -0.2) is 0 Å². The van der Waals surface area contributed by atoms with E-state index in [1.165, 1.54) is 7.11 Å². The molecular weight excluding hydrogens is 254 g/mol. The molecule has 0 saturated carbocycles. The van der Waals surface area contributed by atoms with E-state index in [0.29, 0.717) is 0 Å². The fourth-order valence-corrected chi connectivity index (χ4v) is 2.80. The zero-order valence-electron chi connectivity index (χ0n) is 12.4. The fraction of sp³-hybridized carbons (Fsp3) is 0.562. The molecule has 2 rings (SSSR count). The lowest BCUT2D eigenvalue weighted by Gasteiger charge is -2.41. The highest BCUT2D eigenvalue weighted by Crippen LogP contribution is 2.42. The average molecular weight is 277 g/mol. The molecule has 0 unspecified atom stereocenters. The molecule has 1 amide bonds. The number of rotatable bonds is 5. The molecule has 1 aliphatic rings. The van der Waals surface area contributed by atoms with Gasteiger partial charge >= 0.3 is 0 Å². The van der Waals surface area contributed by atoms with Crippen LogP contribution in [0.1, 0.15) is 44.7 Å². The van der Waals surface area contributed by atoms with E-state index in [1.807, 2.05) is 24.3 Å². The van der Waals surface area contributed by atoms with E-state index < -0.39 is 0 Å². The Kier molecular flexibility index (Phi) is 4.65. The molecule has 0 bridgehead atoms. The smallest absolute Gasteiger partial charge is 0.246 e. The van der Waals surface area contributed by atoms with E-state index in [4.69, 9.17) is 9.47 Å². The van der Waals surface area contributed by atoms with Crippen LogP contribution in [-0.4, -0.2) is 25.2 Å². The monoisotopic (exact) mass is 277 g/mol. The van der Waals surface area contributed by atoms with Gasteiger partial charge in [-0.3, -0.25) is 4.79 Å². The molecule has 4 nitrogen and oxygen atoms in total. The summed E-state index contributed by atoms with van der Waals surface area (Å²) in [4.78, 5) is 11.8. The Morgan fingerprint density at radius 1 is 1.40 bits per heavy atom. The van der Waals surface area contributed by atoms with Crippen LogP contribution < -0.4 is 10.1 Å². The van der Waals surface area contributed by atoms with Gasteiger partial charge in [0.15, 0.2) is 0 Å². The van der Waals surface area contributed by atoms with Gasteiger partial charge in [-0.2, -0.15) is 0 Å². The summed E-state index contributed by atoms with van der Waals surface area (Å²) in [6, 6.07) is 7.92. The van der Waals surface area contributed by atoms with E-state index in [9.17, 15) is 4.79 Å². The third-order valence-corrected chi connectivity index (χ3v) is 4.10. The molecule has 0 fully saturated rings. The second kappa shape index (κ2) is 6.27. The number of benzene rings is 1. The number of methoxy groups -OCH3 is 1. The number of carbonyl (C=O) groups excluding carboxylic acids is 1. The molecule has 4 heteroatoms. The molecule has 1 aromatic rings. The zero-order chi connectivity index (χ0) is 14.6. The molecule has 110 valence electrons. The highest BCUT2D eigenvalue weighted by Gasteiger charge is 2.38. The normalized spacial score (nSPS) is 19.9. The third kappa shape index (κ3) is 2.96. The Morgan fingerprint density at radius 2 is 2.10 bits per heavy atom. The van der Waals surface area contributed by atoms with Crippen LogP contribution in [0.5, 0.6) is 5.75 Å². The predicted octanol–water partition coefficient (Wildman–Crippen LogP) is 2.83. The topological polar surface area (TPSA) is 47.6 Å². The van der Waals surface area contributed by atoms with Crippen LogP contribution in [0.4, 0.5) is 0 Å². The van der Waals surface area contributed by atoms with Gasteiger partial charge in [0, 0.05) is 19.1 Å². The third-order valence-electron chi connectivity index (χ3n) is 4.10. The van der Waals surface area contributed by atoms with Crippen LogP contribution in [0.2, 0.25) is 0 Å². The van der Waals surface area contributed by atoms with E-state index in [-0.39, 0.29) is 24.2 Å². The van der Waals surface area contributed by atoms with E-state index in [0.717, 1.165) is 30.6 Å². The molecule has 1 atom stereocenters. The van der Waals surface area contributed by atoms with E-state index >= 15 is 0 Å². The van der Waals surface area contributed by atoms with Gasteiger partial charge in [0.25, 0.3) is 0 Å². The van der Waals surface area contributed by atoms with Gasteiger partial charge in [0.1, 0.15) is 18.0 Å². The second-order valence-corrected chi connectivity index (χ2v) is 5.29. The summed E-state index contributed by atoms with van der Waals surface area (Å²) < 4.78 is 11.1. The number of amides is 1. The molecule has 0 radical (unpaired) electrons. The minimum absolute atomic E-state index is 0.0116. The molecule has 20 heavy (non-hydrogen) atoms. The Balaban J connectivity index is 2.27. The van der Waals surface area contributed by atoms with Gasteiger partial charge in [-0.05, 0) is 18.9 Å². The first kappa shape index (κ1) is 14.9. The summed E-state index contributed by atoms with van der Waals surface area (Å²) in [6.07, 6.45) is 2.65. The number of para-hydroxylation sites is 1. The van der Waals surface area contributed by atoms with Crippen molar-refractivity contribution in [2.45, 2.75) is 44.8 Å². The molecule has 1 heterocycles. The van der Waals surface area contributed by atoms with Crippen molar-refractivity contribution < 1.29 is 14.3 Å². The Bertz CT molecular complexity index is 469. The summed E-state index contributed by atoms with van der Waals surface area (Å²) >= 11 is 0. The lowest BCUT2D eigenvalue weighted by atomic mass is 9.83. The van der Waals surface area contributed by atoms with Crippen LogP contribution in [0.25, 0.3) is 0 Å². The Morgan fingerprint density at radius 3 is 2.75 bits per heavy atom. The molecule has 0 aliphatic carbocycles. The van der Waals surface area contributed by atoms with Crippen molar-refractivity contribution in [3.05, 3.63) is 29.8 Å². The van der Waals surface area contributed by atoms with Gasteiger partial charge in [0.05, 0.1) is 6.04 Å². The number of hydrogen-bond acceptors (Lipinski definition) is 3. The molecule has 0 saturated heterocycles. The van der Waals surface area contributed by atoms with Gasteiger partial charge < -0.3 is 14.8 Å². The second-order valence-electron chi connectivity index (χ2n) is 5.29. The lowest BCUT2D eigenvalue weighted by Crippen LogP contribution is -2.45. The van der Waals surface area contributed by atoms with Crippen LogP contribution in [0, 0.1) is 0 Å². The Hall–Kier alpha value is -1.55. The first-order valence-electron chi connectivity index (χ1n) is 7.20. The van der Waals surface area contributed by atoms with Crippen molar-refractivity contribution in [1.29, 1.82) is 0 Å². The molecule has 1 aromatic carbocycles. The number of hydrogen-bond donors (Lipinski definition) is 1. The molecule has 1 aliphatic heterocycles. The van der Waals surface area contributed by atoms with Crippen molar-refractivity contribution in [3.63, 3.8) is 0 Å². The SMILES string of the molecule is CCC1(CC)C[C@@H](NC(=O)COC)c2ccccc2O1. The average Bonchev–Trinajstić information content (AvgIpc) is 2.47. The zero-order valence-corrected chi connectivity index (χ0v) is 12.4. The first-order chi connectivity index (χ1) is 9.64. The molecular formula is C16H23NO3. The lowest BCUT2D eigenvalue weighted by molar-refractivity contribution is -0.126. The number of fused-ring (bicyclic) bond motifs is 1.